The fourth-order valence-electron chi connectivity index (χ4n) is 2.64. The monoisotopic (exact) mass is 461 g/mol. The summed E-state index contributed by atoms with van der Waals surface area (Å²) in [6.45, 7) is 1.63. The maximum absolute atomic E-state index is 12.8. The first kappa shape index (κ1) is 20.2. The molecule has 0 spiro atoms. The zero-order valence-corrected chi connectivity index (χ0v) is 17.2. The number of aliphatic carboxylic acids is 1. The van der Waals surface area contributed by atoms with E-state index in [1.807, 2.05) is 31.2 Å². The van der Waals surface area contributed by atoms with Crippen molar-refractivity contribution in [1.29, 1.82) is 0 Å². The summed E-state index contributed by atoms with van der Waals surface area (Å²) in [4.78, 5) is 37.4. The number of carboxylic acid groups (broad SMARTS) is 1. The smallest absolute Gasteiger partial charge is 0.341 e. The van der Waals surface area contributed by atoms with Crippen molar-refractivity contribution in [3.8, 4) is 5.75 Å². The molecule has 28 heavy (non-hydrogen) atoms. The maximum Gasteiger partial charge on any atom is 0.341 e. The third-order valence-electron chi connectivity index (χ3n) is 4.07. The summed E-state index contributed by atoms with van der Waals surface area (Å²) in [5.41, 5.74) is 2.41. The van der Waals surface area contributed by atoms with Crippen molar-refractivity contribution in [2.75, 3.05) is 6.61 Å². The number of carboxylic acids is 1. The molecule has 0 radical (unpaired) electrons. The van der Waals surface area contributed by atoms with Gasteiger partial charge in [-0.3, -0.25) is 14.5 Å². The van der Waals surface area contributed by atoms with Gasteiger partial charge in [-0.2, -0.15) is 0 Å². The van der Waals surface area contributed by atoms with Crippen LogP contribution in [0.3, 0.4) is 0 Å². The number of thioether (sulfide) groups is 1. The van der Waals surface area contributed by atoms with Gasteiger partial charge in [0.25, 0.3) is 11.1 Å². The number of halogens is 1. The number of carbonyl (C=O) groups is 3. The van der Waals surface area contributed by atoms with Gasteiger partial charge in [0.2, 0.25) is 0 Å². The number of rotatable bonds is 6. The Morgan fingerprint density at radius 2 is 2.00 bits per heavy atom. The molecule has 0 atom stereocenters. The summed E-state index contributed by atoms with van der Waals surface area (Å²) in [6, 6.07) is 12.6. The molecular formula is C20H16BrNO5S. The van der Waals surface area contributed by atoms with Gasteiger partial charge in [-0.15, -0.1) is 0 Å². The summed E-state index contributed by atoms with van der Waals surface area (Å²) in [5, 5.41) is 8.47. The van der Waals surface area contributed by atoms with Crippen molar-refractivity contribution < 1.29 is 24.2 Å². The predicted octanol–water partition coefficient (Wildman–Crippen LogP) is 4.46. The Morgan fingerprint density at radius 1 is 1.25 bits per heavy atom. The topological polar surface area (TPSA) is 83.9 Å². The van der Waals surface area contributed by atoms with Crippen molar-refractivity contribution in [2.45, 2.75) is 13.5 Å². The molecule has 144 valence electrons. The molecule has 0 unspecified atom stereocenters. The van der Waals surface area contributed by atoms with E-state index in [1.54, 1.807) is 24.3 Å². The van der Waals surface area contributed by atoms with Crippen LogP contribution in [0.1, 0.15) is 16.7 Å². The largest absolute Gasteiger partial charge is 0.481 e. The van der Waals surface area contributed by atoms with Gasteiger partial charge in [-0.25, -0.2) is 4.79 Å². The van der Waals surface area contributed by atoms with Crippen LogP contribution in [0, 0.1) is 6.92 Å². The first-order valence-electron chi connectivity index (χ1n) is 8.29. The van der Waals surface area contributed by atoms with Crippen LogP contribution in [0.4, 0.5) is 4.79 Å². The molecule has 1 aliphatic rings. The van der Waals surface area contributed by atoms with Gasteiger partial charge in [0, 0.05) is 10.0 Å². The second-order valence-corrected chi connectivity index (χ2v) is 7.97. The second-order valence-electron chi connectivity index (χ2n) is 6.06. The van der Waals surface area contributed by atoms with Gasteiger partial charge in [-0.1, -0.05) is 40.2 Å². The number of carbonyl (C=O) groups excluding carboxylic acids is 2. The summed E-state index contributed by atoms with van der Waals surface area (Å²) in [7, 11) is 0. The molecule has 0 aliphatic carbocycles. The summed E-state index contributed by atoms with van der Waals surface area (Å²) >= 11 is 4.20. The van der Waals surface area contributed by atoms with E-state index < -0.39 is 12.6 Å². The number of benzene rings is 2. The minimum Gasteiger partial charge on any atom is -0.481 e. The van der Waals surface area contributed by atoms with Crippen molar-refractivity contribution in [1.82, 2.24) is 4.90 Å². The highest BCUT2D eigenvalue weighted by atomic mass is 79.9. The summed E-state index contributed by atoms with van der Waals surface area (Å²) in [5.74, 6) is -1.17. The van der Waals surface area contributed by atoms with Crippen molar-refractivity contribution in [3.05, 3.63) is 68.5 Å². The van der Waals surface area contributed by atoms with Gasteiger partial charge in [0.05, 0.1) is 11.4 Å². The van der Waals surface area contributed by atoms with E-state index in [-0.39, 0.29) is 22.6 Å². The van der Waals surface area contributed by atoms with Crippen LogP contribution in [0.25, 0.3) is 6.08 Å². The van der Waals surface area contributed by atoms with E-state index >= 15 is 0 Å². The second kappa shape index (κ2) is 8.62. The zero-order valence-electron chi connectivity index (χ0n) is 14.8. The third kappa shape index (κ3) is 4.63. The highest BCUT2D eigenvalue weighted by Crippen LogP contribution is 2.35. The average Bonchev–Trinajstić information content (AvgIpc) is 2.90. The molecule has 2 aromatic rings. The number of nitrogens with zero attached hydrogens (tertiary/aromatic N) is 1. The van der Waals surface area contributed by atoms with Crippen LogP contribution >= 0.6 is 27.7 Å². The fraction of sp³-hybridized carbons (Fsp3) is 0.150. The molecule has 1 aliphatic heterocycles. The van der Waals surface area contributed by atoms with Gasteiger partial charge in [0.15, 0.2) is 6.61 Å². The number of imide groups is 1. The molecule has 0 bridgehead atoms. The summed E-state index contributed by atoms with van der Waals surface area (Å²) < 4.78 is 6.02. The SMILES string of the molecule is Cc1ccccc1CN1C(=O)S/C(=C\c2cc(Br)ccc2OCC(=O)O)C1=O. The average molecular weight is 462 g/mol. The highest BCUT2D eigenvalue weighted by molar-refractivity contribution is 9.10. The summed E-state index contributed by atoms with van der Waals surface area (Å²) in [6.07, 6.45) is 1.55. The normalized spacial score (nSPS) is 15.4. The van der Waals surface area contributed by atoms with E-state index in [0.29, 0.717) is 11.3 Å². The van der Waals surface area contributed by atoms with Gasteiger partial charge in [0.1, 0.15) is 5.75 Å². The van der Waals surface area contributed by atoms with Gasteiger partial charge < -0.3 is 9.84 Å². The lowest BCUT2D eigenvalue weighted by Gasteiger charge is -2.14. The number of ether oxygens (including phenoxy) is 1. The van der Waals surface area contributed by atoms with E-state index in [0.717, 1.165) is 27.4 Å². The lowest BCUT2D eigenvalue weighted by molar-refractivity contribution is -0.139. The van der Waals surface area contributed by atoms with Crippen LogP contribution in [0.5, 0.6) is 5.75 Å². The van der Waals surface area contributed by atoms with E-state index in [1.165, 1.54) is 4.90 Å². The molecule has 3 rings (SSSR count). The Balaban J connectivity index is 1.86. The molecule has 0 saturated carbocycles. The predicted molar refractivity (Wildman–Crippen MR) is 110 cm³/mol. The standard InChI is InChI=1S/C20H16BrNO5S/c1-12-4-2-3-5-13(12)10-22-19(25)17(28-20(22)26)9-14-8-15(21)6-7-16(14)27-11-18(23)24/h2-9H,10-11H2,1H3,(H,23,24)/b17-9-. The first-order valence-corrected chi connectivity index (χ1v) is 9.90. The fourth-order valence-corrected chi connectivity index (χ4v) is 3.85. The third-order valence-corrected chi connectivity index (χ3v) is 5.47. The van der Waals surface area contributed by atoms with Gasteiger partial charge in [-0.05, 0) is 54.1 Å². The van der Waals surface area contributed by atoms with E-state index in [4.69, 9.17) is 9.84 Å². The zero-order chi connectivity index (χ0) is 20.3. The Hall–Kier alpha value is -2.58. The molecule has 2 aromatic carbocycles. The molecule has 6 nitrogen and oxygen atoms in total. The lowest BCUT2D eigenvalue weighted by Crippen LogP contribution is -2.27. The molecule has 0 aromatic heterocycles. The Kier molecular flexibility index (Phi) is 6.21. The van der Waals surface area contributed by atoms with Crippen molar-refractivity contribution in [2.24, 2.45) is 0 Å². The number of amides is 2. The minimum absolute atomic E-state index is 0.204. The minimum atomic E-state index is -1.10. The Morgan fingerprint density at radius 3 is 2.71 bits per heavy atom. The van der Waals surface area contributed by atoms with Crippen LogP contribution in [-0.4, -0.2) is 33.7 Å². The van der Waals surface area contributed by atoms with Crippen LogP contribution in [0.2, 0.25) is 0 Å². The van der Waals surface area contributed by atoms with Gasteiger partial charge >= 0.3 is 5.97 Å². The first-order chi connectivity index (χ1) is 13.3. The van der Waals surface area contributed by atoms with E-state index in [9.17, 15) is 14.4 Å². The van der Waals surface area contributed by atoms with Crippen molar-refractivity contribution in [3.63, 3.8) is 0 Å². The van der Waals surface area contributed by atoms with E-state index in [2.05, 4.69) is 15.9 Å². The highest BCUT2D eigenvalue weighted by Gasteiger charge is 2.35. The molecular weight excluding hydrogens is 446 g/mol. The van der Waals surface area contributed by atoms with Crippen LogP contribution in [0.15, 0.2) is 51.8 Å². The maximum atomic E-state index is 12.8. The number of hydrogen-bond donors (Lipinski definition) is 1. The molecule has 1 heterocycles. The number of hydrogen-bond acceptors (Lipinski definition) is 5. The molecule has 2 amide bonds. The van der Waals surface area contributed by atoms with Crippen LogP contribution in [-0.2, 0) is 16.1 Å². The lowest BCUT2D eigenvalue weighted by atomic mass is 10.1. The Bertz CT molecular complexity index is 988. The Labute approximate surface area is 174 Å². The molecule has 8 heteroatoms. The van der Waals surface area contributed by atoms with Crippen LogP contribution < -0.4 is 4.74 Å². The molecule has 1 saturated heterocycles. The molecule has 1 fully saturated rings. The number of aryl methyl sites for hydroxylation is 1. The molecule has 1 N–H and O–H groups in total. The quantitative estimate of drug-likeness (QED) is 0.639. The van der Waals surface area contributed by atoms with Crippen molar-refractivity contribution >= 4 is 50.9 Å².